The molecule has 1 atom stereocenters. The Hall–Kier alpha value is -1.62. The average molecular weight is 240 g/mol. The Kier molecular flexibility index (Phi) is 3.02. The summed E-state index contributed by atoms with van der Waals surface area (Å²) in [4.78, 5) is 3.88. The molecule has 1 unspecified atom stereocenters. The molecular formula is C12H11F3N2. The Morgan fingerprint density at radius 2 is 2.00 bits per heavy atom. The first-order valence-electron chi connectivity index (χ1n) is 5.10. The molecule has 0 aliphatic heterocycles. The van der Waals surface area contributed by atoms with Crippen molar-refractivity contribution < 1.29 is 13.2 Å². The number of halogens is 3. The number of benzene rings is 1. The van der Waals surface area contributed by atoms with E-state index < -0.39 is 12.2 Å². The van der Waals surface area contributed by atoms with E-state index in [-0.39, 0.29) is 5.56 Å². The summed E-state index contributed by atoms with van der Waals surface area (Å²) in [5, 5.41) is 3.57. The number of alkyl halides is 3. The fourth-order valence-corrected chi connectivity index (χ4v) is 1.88. The van der Waals surface area contributed by atoms with Gasteiger partial charge in [-0.1, -0.05) is 18.2 Å². The second-order valence-electron chi connectivity index (χ2n) is 3.71. The van der Waals surface area contributed by atoms with Gasteiger partial charge in [0, 0.05) is 17.8 Å². The van der Waals surface area contributed by atoms with Crippen molar-refractivity contribution in [2.75, 3.05) is 7.05 Å². The Labute approximate surface area is 96.5 Å². The maximum absolute atomic E-state index is 12.9. The van der Waals surface area contributed by atoms with Crippen molar-refractivity contribution in [1.82, 2.24) is 10.3 Å². The number of nitrogens with one attached hydrogen (secondary N) is 1. The predicted molar refractivity (Wildman–Crippen MR) is 59.6 cm³/mol. The SMILES string of the molecule is CNC(c1cccc2ccncc12)C(F)(F)F. The number of pyridine rings is 1. The third-order valence-electron chi connectivity index (χ3n) is 2.64. The molecule has 1 heterocycles. The highest BCUT2D eigenvalue weighted by atomic mass is 19.4. The number of aromatic nitrogens is 1. The largest absolute Gasteiger partial charge is 0.407 e. The summed E-state index contributed by atoms with van der Waals surface area (Å²) in [5.41, 5.74) is 0.200. The molecule has 2 aromatic rings. The zero-order valence-electron chi connectivity index (χ0n) is 9.12. The van der Waals surface area contributed by atoms with Crippen molar-refractivity contribution in [2.24, 2.45) is 0 Å². The van der Waals surface area contributed by atoms with Crippen LogP contribution in [0, 0.1) is 0 Å². The third-order valence-corrected chi connectivity index (χ3v) is 2.64. The first kappa shape index (κ1) is 11.9. The van der Waals surface area contributed by atoms with Crippen LogP contribution in [-0.4, -0.2) is 18.2 Å². The van der Waals surface area contributed by atoms with Gasteiger partial charge < -0.3 is 5.32 Å². The summed E-state index contributed by atoms with van der Waals surface area (Å²) < 4.78 is 38.6. The van der Waals surface area contributed by atoms with Crippen LogP contribution in [0.5, 0.6) is 0 Å². The van der Waals surface area contributed by atoms with Gasteiger partial charge in [0.15, 0.2) is 0 Å². The van der Waals surface area contributed by atoms with Crippen molar-refractivity contribution in [3.05, 3.63) is 42.2 Å². The van der Waals surface area contributed by atoms with Crippen molar-refractivity contribution in [3.8, 4) is 0 Å². The van der Waals surface area contributed by atoms with Gasteiger partial charge in [-0.15, -0.1) is 0 Å². The van der Waals surface area contributed by atoms with Crippen LogP contribution in [0.2, 0.25) is 0 Å². The third kappa shape index (κ3) is 2.24. The van der Waals surface area contributed by atoms with Gasteiger partial charge in [0.1, 0.15) is 6.04 Å². The molecule has 0 aliphatic rings. The Morgan fingerprint density at radius 3 is 2.65 bits per heavy atom. The van der Waals surface area contributed by atoms with Crippen LogP contribution in [-0.2, 0) is 0 Å². The molecule has 17 heavy (non-hydrogen) atoms. The standard InChI is InChI=1S/C12H11F3N2/c1-16-11(12(13,14)15)9-4-2-3-8-5-6-17-7-10(8)9/h2-7,11,16H,1H3. The number of nitrogens with zero attached hydrogens (tertiary/aromatic N) is 1. The molecule has 0 spiro atoms. The quantitative estimate of drug-likeness (QED) is 0.872. The molecule has 0 saturated heterocycles. The minimum Gasteiger partial charge on any atom is -0.306 e. The molecule has 2 nitrogen and oxygen atoms in total. The fourth-order valence-electron chi connectivity index (χ4n) is 1.88. The number of fused-ring (bicyclic) bond motifs is 1. The molecule has 1 aromatic heterocycles. The van der Waals surface area contributed by atoms with E-state index in [1.165, 1.54) is 19.3 Å². The lowest BCUT2D eigenvalue weighted by molar-refractivity contribution is -0.156. The lowest BCUT2D eigenvalue weighted by Crippen LogP contribution is -2.31. The number of hydrogen-bond donors (Lipinski definition) is 1. The number of hydrogen-bond acceptors (Lipinski definition) is 2. The van der Waals surface area contributed by atoms with E-state index in [1.54, 1.807) is 24.4 Å². The summed E-state index contributed by atoms with van der Waals surface area (Å²) in [7, 11) is 1.30. The van der Waals surface area contributed by atoms with Gasteiger partial charge in [-0.2, -0.15) is 13.2 Å². The second kappa shape index (κ2) is 4.33. The van der Waals surface area contributed by atoms with E-state index in [0.717, 1.165) is 5.39 Å². The van der Waals surface area contributed by atoms with E-state index >= 15 is 0 Å². The molecule has 1 aromatic carbocycles. The minimum absolute atomic E-state index is 0.200. The highest BCUT2D eigenvalue weighted by molar-refractivity contribution is 5.85. The van der Waals surface area contributed by atoms with Crippen LogP contribution in [0.3, 0.4) is 0 Å². The van der Waals surface area contributed by atoms with Crippen LogP contribution < -0.4 is 5.32 Å². The highest BCUT2D eigenvalue weighted by Gasteiger charge is 2.40. The van der Waals surface area contributed by atoms with Gasteiger partial charge >= 0.3 is 6.18 Å². The van der Waals surface area contributed by atoms with E-state index in [1.807, 2.05) is 0 Å². The zero-order chi connectivity index (χ0) is 12.5. The molecule has 0 fully saturated rings. The maximum atomic E-state index is 12.9. The Bertz CT molecular complexity index is 517. The maximum Gasteiger partial charge on any atom is 0.407 e. The Balaban J connectivity index is 2.62. The van der Waals surface area contributed by atoms with Crippen LogP contribution in [0.4, 0.5) is 13.2 Å². The van der Waals surface area contributed by atoms with Crippen molar-refractivity contribution in [3.63, 3.8) is 0 Å². The lowest BCUT2D eigenvalue weighted by atomic mass is 10.00. The van der Waals surface area contributed by atoms with Crippen molar-refractivity contribution in [1.29, 1.82) is 0 Å². The van der Waals surface area contributed by atoms with Gasteiger partial charge in [-0.25, -0.2) is 0 Å². The molecule has 0 saturated carbocycles. The van der Waals surface area contributed by atoms with Crippen molar-refractivity contribution >= 4 is 10.8 Å². The summed E-state index contributed by atoms with van der Waals surface area (Å²) in [5.74, 6) is 0. The minimum atomic E-state index is -4.32. The molecule has 90 valence electrons. The normalized spacial score (nSPS) is 13.9. The first-order chi connectivity index (χ1) is 8.04. The average Bonchev–Trinajstić information content (AvgIpc) is 2.28. The van der Waals surface area contributed by atoms with Crippen LogP contribution in [0.25, 0.3) is 10.8 Å². The molecule has 0 aliphatic carbocycles. The first-order valence-corrected chi connectivity index (χ1v) is 5.10. The van der Waals surface area contributed by atoms with Gasteiger partial charge in [-0.05, 0) is 24.1 Å². The fraction of sp³-hybridized carbons (Fsp3) is 0.250. The summed E-state index contributed by atoms with van der Waals surface area (Å²) in [6, 6.07) is 4.88. The second-order valence-corrected chi connectivity index (χ2v) is 3.71. The predicted octanol–water partition coefficient (Wildman–Crippen LogP) is 3.06. The summed E-state index contributed by atoms with van der Waals surface area (Å²) in [6.45, 7) is 0. The van der Waals surface area contributed by atoms with Crippen LogP contribution in [0.1, 0.15) is 11.6 Å². The molecular weight excluding hydrogens is 229 g/mol. The summed E-state index contributed by atoms with van der Waals surface area (Å²) in [6.07, 6.45) is -1.30. The molecule has 1 N–H and O–H groups in total. The number of rotatable bonds is 2. The smallest absolute Gasteiger partial charge is 0.306 e. The van der Waals surface area contributed by atoms with E-state index in [2.05, 4.69) is 10.3 Å². The van der Waals surface area contributed by atoms with Crippen molar-refractivity contribution in [2.45, 2.75) is 12.2 Å². The summed E-state index contributed by atoms with van der Waals surface area (Å²) >= 11 is 0. The van der Waals surface area contributed by atoms with Gasteiger partial charge in [0.25, 0.3) is 0 Å². The van der Waals surface area contributed by atoms with Gasteiger partial charge in [0.2, 0.25) is 0 Å². The topological polar surface area (TPSA) is 24.9 Å². The molecule has 0 bridgehead atoms. The van der Waals surface area contributed by atoms with Crippen LogP contribution >= 0.6 is 0 Å². The monoisotopic (exact) mass is 240 g/mol. The molecule has 0 amide bonds. The van der Waals surface area contributed by atoms with E-state index in [9.17, 15) is 13.2 Å². The molecule has 5 heteroatoms. The highest BCUT2D eigenvalue weighted by Crippen LogP contribution is 2.35. The van der Waals surface area contributed by atoms with Crippen LogP contribution in [0.15, 0.2) is 36.7 Å². The van der Waals surface area contributed by atoms with E-state index in [0.29, 0.717) is 5.39 Å². The lowest BCUT2D eigenvalue weighted by Gasteiger charge is -2.21. The Morgan fingerprint density at radius 1 is 1.24 bits per heavy atom. The van der Waals surface area contributed by atoms with Gasteiger partial charge in [0.05, 0.1) is 0 Å². The van der Waals surface area contributed by atoms with Gasteiger partial charge in [-0.3, -0.25) is 4.98 Å². The zero-order valence-corrected chi connectivity index (χ0v) is 9.12. The molecule has 2 rings (SSSR count). The molecule has 0 radical (unpaired) electrons. The van der Waals surface area contributed by atoms with E-state index in [4.69, 9.17) is 0 Å².